The number of carbonyl (C=O) groups is 1. The van der Waals surface area contributed by atoms with Crippen LogP contribution in [-0.2, 0) is 4.79 Å². The van der Waals surface area contributed by atoms with Crippen molar-refractivity contribution in [2.45, 2.75) is 6.04 Å². The van der Waals surface area contributed by atoms with E-state index in [1.807, 2.05) is 6.07 Å². The van der Waals surface area contributed by atoms with Crippen molar-refractivity contribution in [3.8, 4) is 0 Å². The Kier molecular flexibility index (Phi) is 2.35. The molecule has 0 saturated heterocycles. The van der Waals surface area contributed by atoms with Gasteiger partial charge in [-0.05, 0) is 17.0 Å². The van der Waals surface area contributed by atoms with Crippen molar-refractivity contribution in [2.75, 3.05) is 0 Å². The van der Waals surface area contributed by atoms with Crippen LogP contribution in [0.1, 0.15) is 11.6 Å². The minimum atomic E-state index is -1.03. The van der Waals surface area contributed by atoms with Gasteiger partial charge in [0.2, 0.25) is 0 Å². The maximum absolute atomic E-state index is 10.8. The normalized spacial score (nSPS) is 12.6. The van der Waals surface area contributed by atoms with Crippen LogP contribution in [0.15, 0.2) is 36.7 Å². The number of hydrogen-bond acceptors (Lipinski definition) is 3. The molecule has 0 fully saturated rings. The maximum Gasteiger partial charge on any atom is 0.325 e. The predicted octanol–water partition coefficient (Wildman–Crippen LogP) is 1.32. The molecule has 0 saturated carbocycles. The lowest BCUT2D eigenvalue weighted by atomic mass is 10.0. The summed E-state index contributed by atoms with van der Waals surface area (Å²) in [5, 5.41) is 10.6. The molecular weight excluding hydrogens is 192 g/mol. The second kappa shape index (κ2) is 3.67. The number of nitrogens with two attached hydrogens (primary N) is 1. The molecule has 4 heteroatoms. The number of aromatic nitrogens is 1. The van der Waals surface area contributed by atoms with Gasteiger partial charge < -0.3 is 10.8 Å². The summed E-state index contributed by atoms with van der Waals surface area (Å²) < 4.78 is 0. The summed E-state index contributed by atoms with van der Waals surface area (Å²) in [6.45, 7) is 0. The van der Waals surface area contributed by atoms with Crippen LogP contribution in [0.25, 0.3) is 10.8 Å². The summed E-state index contributed by atoms with van der Waals surface area (Å²) in [7, 11) is 0. The number of hydrogen-bond donors (Lipinski definition) is 2. The molecule has 0 spiro atoms. The van der Waals surface area contributed by atoms with E-state index >= 15 is 0 Å². The van der Waals surface area contributed by atoms with Crippen LogP contribution in [0.4, 0.5) is 0 Å². The number of aliphatic carboxylic acids is 1. The van der Waals surface area contributed by atoms with Gasteiger partial charge in [-0.25, -0.2) is 0 Å². The number of carboxylic acid groups (broad SMARTS) is 1. The Hall–Kier alpha value is -1.94. The Bertz CT molecular complexity index is 505. The zero-order valence-corrected chi connectivity index (χ0v) is 7.92. The number of fused-ring (bicyclic) bond motifs is 1. The van der Waals surface area contributed by atoms with Gasteiger partial charge in [0.1, 0.15) is 6.04 Å². The minimum absolute atomic E-state index is 0.613. The van der Waals surface area contributed by atoms with Gasteiger partial charge >= 0.3 is 5.97 Å². The molecule has 0 aliphatic heterocycles. The van der Waals surface area contributed by atoms with Gasteiger partial charge in [-0.15, -0.1) is 0 Å². The van der Waals surface area contributed by atoms with Crippen LogP contribution < -0.4 is 5.73 Å². The second-order valence-corrected chi connectivity index (χ2v) is 3.26. The van der Waals surface area contributed by atoms with E-state index in [1.165, 1.54) is 0 Å². The van der Waals surface area contributed by atoms with Crippen LogP contribution >= 0.6 is 0 Å². The fourth-order valence-corrected chi connectivity index (χ4v) is 1.55. The summed E-state index contributed by atoms with van der Waals surface area (Å²) in [6, 6.07) is 6.16. The zero-order valence-electron chi connectivity index (χ0n) is 7.92. The molecule has 0 unspecified atom stereocenters. The van der Waals surface area contributed by atoms with Crippen LogP contribution in [-0.4, -0.2) is 16.1 Å². The highest BCUT2D eigenvalue weighted by molar-refractivity contribution is 5.89. The van der Waals surface area contributed by atoms with Gasteiger partial charge in [0.25, 0.3) is 0 Å². The van der Waals surface area contributed by atoms with Crippen molar-refractivity contribution in [3.63, 3.8) is 0 Å². The first-order chi connectivity index (χ1) is 7.20. The van der Waals surface area contributed by atoms with E-state index in [1.54, 1.807) is 30.6 Å². The van der Waals surface area contributed by atoms with Crippen molar-refractivity contribution in [1.82, 2.24) is 4.98 Å². The molecule has 3 N–H and O–H groups in total. The molecule has 15 heavy (non-hydrogen) atoms. The Labute approximate surface area is 86.4 Å². The average Bonchev–Trinajstić information content (AvgIpc) is 2.27. The first kappa shape index (κ1) is 9.61. The van der Waals surface area contributed by atoms with E-state index in [0.717, 1.165) is 10.8 Å². The molecule has 0 amide bonds. The van der Waals surface area contributed by atoms with Gasteiger partial charge in [0.15, 0.2) is 0 Å². The summed E-state index contributed by atoms with van der Waals surface area (Å²) in [5.74, 6) is -1.03. The summed E-state index contributed by atoms with van der Waals surface area (Å²) in [5.41, 5.74) is 6.20. The fourth-order valence-electron chi connectivity index (χ4n) is 1.55. The minimum Gasteiger partial charge on any atom is -0.480 e. The molecule has 0 bridgehead atoms. The molecule has 2 aromatic rings. The number of carboxylic acids is 1. The summed E-state index contributed by atoms with van der Waals surface area (Å²) >= 11 is 0. The van der Waals surface area contributed by atoms with Crippen LogP contribution in [0.5, 0.6) is 0 Å². The Morgan fingerprint density at radius 1 is 1.40 bits per heavy atom. The molecule has 0 aliphatic rings. The average molecular weight is 202 g/mol. The van der Waals surface area contributed by atoms with Gasteiger partial charge in [0.05, 0.1) is 0 Å². The molecule has 0 radical (unpaired) electrons. The number of benzene rings is 1. The number of rotatable bonds is 2. The molecule has 1 aromatic carbocycles. The zero-order chi connectivity index (χ0) is 10.8. The highest BCUT2D eigenvalue weighted by Crippen LogP contribution is 2.22. The van der Waals surface area contributed by atoms with Gasteiger partial charge in [-0.1, -0.05) is 18.2 Å². The summed E-state index contributed by atoms with van der Waals surface area (Å²) in [4.78, 5) is 14.8. The third kappa shape index (κ3) is 1.67. The lowest BCUT2D eigenvalue weighted by Crippen LogP contribution is -2.20. The highest BCUT2D eigenvalue weighted by atomic mass is 16.4. The Morgan fingerprint density at radius 2 is 2.20 bits per heavy atom. The first-order valence-corrected chi connectivity index (χ1v) is 4.51. The Morgan fingerprint density at radius 3 is 2.93 bits per heavy atom. The molecule has 2 rings (SSSR count). The molecule has 76 valence electrons. The molecular formula is C11H10N2O2. The molecule has 0 aliphatic carbocycles. The third-order valence-electron chi connectivity index (χ3n) is 2.32. The second-order valence-electron chi connectivity index (χ2n) is 3.26. The van der Waals surface area contributed by atoms with Crippen molar-refractivity contribution >= 4 is 16.7 Å². The van der Waals surface area contributed by atoms with Crippen LogP contribution in [0.3, 0.4) is 0 Å². The van der Waals surface area contributed by atoms with Crippen molar-refractivity contribution in [3.05, 3.63) is 42.2 Å². The lowest BCUT2D eigenvalue weighted by molar-refractivity contribution is -0.138. The van der Waals surface area contributed by atoms with Gasteiger partial charge in [-0.2, -0.15) is 0 Å². The van der Waals surface area contributed by atoms with Crippen LogP contribution in [0, 0.1) is 0 Å². The van der Waals surface area contributed by atoms with Crippen LogP contribution in [0.2, 0.25) is 0 Å². The first-order valence-electron chi connectivity index (χ1n) is 4.51. The SMILES string of the molecule is N[C@H](C(=O)O)c1cccc2cnccc12. The topological polar surface area (TPSA) is 76.2 Å². The van der Waals surface area contributed by atoms with Gasteiger partial charge in [0, 0.05) is 17.8 Å². The van der Waals surface area contributed by atoms with E-state index in [-0.39, 0.29) is 0 Å². The van der Waals surface area contributed by atoms with Crippen molar-refractivity contribution in [1.29, 1.82) is 0 Å². The monoisotopic (exact) mass is 202 g/mol. The molecule has 1 heterocycles. The van der Waals surface area contributed by atoms with E-state index in [9.17, 15) is 4.79 Å². The fraction of sp³-hybridized carbons (Fsp3) is 0.0909. The Balaban J connectivity index is 2.65. The van der Waals surface area contributed by atoms with E-state index in [2.05, 4.69) is 4.98 Å². The molecule has 4 nitrogen and oxygen atoms in total. The van der Waals surface area contributed by atoms with E-state index in [0.29, 0.717) is 5.56 Å². The van der Waals surface area contributed by atoms with Gasteiger partial charge in [-0.3, -0.25) is 9.78 Å². The number of nitrogens with zero attached hydrogens (tertiary/aromatic N) is 1. The predicted molar refractivity (Wildman–Crippen MR) is 56.3 cm³/mol. The quantitative estimate of drug-likeness (QED) is 0.770. The lowest BCUT2D eigenvalue weighted by Gasteiger charge is -2.09. The summed E-state index contributed by atoms with van der Waals surface area (Å²) in [6.07, 6.45) is 3.31. The van der Waals surface area contributed by atoms with Crippen molar-refractivity contribution < 1.29 is 9.90 Å². The standard InChI is InChI=1S/C11H10N2O2/c12-10(11(14)15)9-3-1-2-7-6-13-5-4-8(7)9/h1-6,10H,12H2,(H,14,15)/t10-/m0/s1. The smallest absolute Gasteiger partial charge is 0.325 e. The molecule has 1 atom stereocenters. The van der Waals surface area contributed by atoms with E-state index in [4.69, 9.17) is 10.8 Å². The highest BCUT2D eigenvalue weighted by Gasteiger charge is 2.16. The van der Waals surface area contributed by atoms with E-state index < -0.39 is 12.0 Å². The molecule has 1 aromatic heterocycles. The largest absolute Gasteiger partial charge is 0.480 e. The number of pyridine rings is 1. The van der Waals surface area contributed by atoms with Crippen molar-refractivity contribution in [2.24, 2.45) is 5.73 Å². The third-order valence-corrected chi connectivity index (χ3v) is 2.32. The maximum atomic E-state index is 10.8.